The zero-order valence-electron chi connectivity index (χ0n) is 21.7. The first-order valence-corrected chi connectivity index (χ1v) is 13.9. The van der Waals surface area contributed by atoms with E-state index in [0.29, 0.717) is 50.6 Å². The van der Waals surface area contributed by atoms with Crippen LogP contribution >= 0.6 is 27.7 Å². The smallest absolute Gasteiger partial charge is 0.264 e. The van der Waals surface area contributed by atoms with Gasteiger partial charge in [-0.1, -0.05) is 33.6 Å². The van der Waals surface area contributed by atoms with E-state index in [9.17, 15) is 9.59 Å². The van der Waals surface area contributed by atoms with Crippen LogP contribution in [0.1, 0.15) is 25.0 Å². The molecular formula is C29H28BrN3O5S. The summed E-state index contributed by atoms with van der Waals surface area (Å²) in [5, 5.41) is 6.09. The topological polar surface area (TPSA) is 98.2 Å². The molecule has 0 saturated carbocycles. The van der Waals surface area contributed by atoms with Crippen molar-refractivity contribution in [3.63, 3.8) is 0 Å². The molecule has 39 heavy (non-hydrogen) atoms. The number of ether oxygens (including phenoxy) is 3. The quantitative estimate of drug-likeness (QED) is 0.256. The first-order chi connectivity index (χ1) is 18.8. The first-order valence-electron chi connectivity index (χ1n) is 12.3. The number of amidine groups is 1. The standard InChI is InChI=1S/C29H28BrN3O5S/c1-4-36-22-12-10-21(11-13-22)32-29-33-28(35)26(39-29)15-19-14-24(37-5-2)25(16-23(19)30)38-17-27(34)31-20-8-6-18(3)7-9-20/h6-16H,4-5,17H2,1-3H3,(H,31,34)(H,32,33,35)/b26-15+. The highest BCUT2D eigenvalue weighted by Gasteiger charge is 2.24. The van der Waals surface area contributed by atoms with Crippen LogP contribution in [0.4, 0.5) is 11.4 Å². The molecule has 0 aromatic heterocycles. The van der Waals surface area contributed by atoms with E-state index < -0.39 is 0 Å². The summed E-state index contributed by atoms with van der Waals surface area (Å²) in [5.74, 6) is 1.10. The molecule has 3 aromatic carbocycles. The fourth-order valence-electron chi connectivity index (χ4n) is 3.54. The van der Waals surface area contributed by atoms with Crippen molar-refractivity contribution >= 4 is 62.1 Å². The predicted molar refractivity (Wildman–Crippen MR) is 159 cm³/mol. The summed E-state index contributed by atoms with van der Waals surface area (Å²) in [6, 6.07) is 18.3. The molecule has 1 fully saturated rings. The number of carbonyl (C=O) groups is 2. The number of amides is 2. The number of aliphatic imine (C=N–C) groups is 1. The summed E-state index contributed by atoms with van der Waals surface area (Å²) in [7, 11) is 0. The molecule has 0 atom stereocenters. The summed E-state index contributed by atoms with van der Waals surface area (Å²) < 4.78 is 17.7. The summed E-state index contributed by atoms with van der Waals surface area (Å²) in [4.78, 5) is 30.0. The molecule has 10 heteroatoms. The van der Waals surface area contributed by atoms with Crippen LogP contribution < -0.4 is 24.8 Å². The van der Waals surface area contributed by atoms with Crippen LogP contribution in [0.5, 0.6) is 17.2 Å². The van der Waals surface area contributed by atoms with Crippen LogP contribution in [-0.2, 0) is 9.59 Å². The minimum atomic E-state index is -0.290. The van der Waals surface area contributed by atoms with Crippen LogP contribution in [0.3, 0.4) is 0 Å². The molecular weight excluding hydrogens is 582 g/mol. The number of anilines is 1. The lowest BCUT2D eigenvalue weighted by Gasteiger charge is -2.14. The van der Waals surface area contributed by atoms with E-state index in [1.54, 1.807) is 18.2 Å². The normalized spacial score (nSPS) is 14.8. The number of nitrogens with one attached hydrogen (secondary N) is 2. The third kappa shape index (κ3) is 7.87. The van der Waals surface area contributed by atoms with Gasteiger partial charge in [0.25, 0.3) is 11.8 Å². The van der Waals surface area contributed by atoms with Crippen molar-refractivity contribution in [3.05, 3.63) is 81.2 Å². The van der Waals surface area contributed by atoms with Crippen molar-refractivity contribution in [2.24, 2.45) is 4.99 Å². The molecule has 4 rings (SSSR count). The molecule has 0 spiro atoms. The summed E-state index contributed by atoms with van der Waals surface area (Å²) in [6.07, 6.45) is 1.75. The van der Waals surface area contributed by atoms with Crippen molar-refractivity contribution in [2.75, 3.05) is 25.1 Å². The van der Waals surface area contributed by atoms with Gasteiger partial charge in [0.2, 0.25) is 0 Å². The Morgan fingerprint density at radius 3 is 2.38 bits per heavy atom. The molecule has 1 aliphatic rings. The number of benzene rings is 3. The number of carbonyl (C=O) groups excluding carboxylic acids is 2. The number of aryl methyl sites for hydroxylation is 1. The average molecular weight is 611 g/mol. The van der Waals surface area contributed by atoms with Gasteiger partial charge in [0, 0.05) is 10.2 Å². The molecule has 1 saturated heterocycles. The molecule has 202 valence electrons. The highest BCUT2D eigenvalue weighted by atomic mass is 79.9. The number of halogens is 1. The Balaban J connectivity index is 1.46. The van der Waals surface area contributed by atoms with Gasteiger partial charge in [-0.15, -0.1) is 0 Å². The van der Waals surface area contributed by atoms with Gasteiger partial charge in [-0.2, -0.15) is 0 Å². The predicted octanol–water partition coefficient (Wildman–Crippen LogP) is 6.46. The van der Waals surface area contributed by atoms with Gasteiger partial charge in [0.1, 0.15) is 5.75 Å². The highest BCUT2D eigenvalue weighted by molar-refractivity contribution is 9.10. The van der Waals surface area contributed by atoms with Gasteiger partial charge in [0.15, 0.2) is 23.3 Å². The van der Waals surface area contributed by atoms with Crippen molar-refractivity contribution < 1.29 is 23.8 Å². The van der Waals surface area contributed by atoms with Gasteiger partial charge in [0.05, 0.1) is 23.8 Å². The number of rotatable bonds is 10. The van der Waals surface area contributed by atoms with E-state index in [0.717, 1.165) is 16.9 Å². The summed E-state index contributed by atoms with van der Waals surface area (Å²) in [5.41, 5.74) is 3.22. The summed E-state index contributed by atoms with van der Waals surface area (Å²) in [6.45, 7) is 6.56. The van der Waals surface area contributed by atoms with Crippen molar-refractivity contribution in [1.82, 2.24) is 5.32 Å². The van der Waals surface area contributed by atoms with Gasteiger partial charge in [-0.25, -0.2) is 4.99 Å². The minimum absolute atomic E-state index is 0.190. The third-order valence-corrected chi connectivity index (χ3v) is 6.97. The second-order valence-electron chi connectivity index (χ2n) is 8.36. The maximum Gasteiger partial charge on any atom is 0.264 e. The maximum atomic E-state index is 12.6. The Morgan fingerprint density at radius 1 is 1.00 bits per heavy atom. The average Bonchev–Trinajstić information content (AvgIpc) is 3.26. The largest absolute Gasteiger partial charge is 0.494 e. The van der Waals surface area contributed by atoms with E-state index >= 15 is 0 Å². The maximum absolute atomic E-state index is 12.6. The molecule has 0 unspecified atom stereocenters. The number of hydrogen-bond donors (Lipinski definition) is 2. The zero-order valence-corrected chi connectivity index (χ0v) is 24.1. The van der Waals surface area contributed by atoms with Crippen LogP contribution in [0.15, 0.2) is 75.0 Å². The van der Waals surface area contributed by atoms with Gasteiger partial charge < -0.3 is 24.8 Å². The van der Waals surface area contributed by atoms with Crippen LogP contribution in [0, 0.1) is 6.92 Å². The van der Waals surface area contributed by atoms with E-state index in [4.69, 9.17) is 14.2 Å². The first kappa shape index (κ1) is 28.3. The molecule has 0 aliphatic carbocycles. The van der Waals surface area contributed by atoms with Crippen molar-refractivity contribution in [3.8, 4) is 17.2 Å². The number of nitrogens with zero attached hydrogens (tertiary/aromatic N) is 1. The van der Waals surface area contributed by atoms with Crippen molar-refractivity contribution in [2.45, 2.75) is 20.8 Å². The molecule has 8 nitrogen and oxygen atoms in total. The van der Waals surface area contributed by atoms with E-state index in [1.165, 1.54) is 11.8 Å². The monoisotopic (exact) mass is 609 g/mol. The Bertz CT molecular complexity index is 1410. The van der Waals surface area contributed by atoms with Crippen LogP contribution in [0.2, 0.25) is 0 Å². The van der Waals surface area contributed by atoms with Crippen LogP contribution in [-0.4, -0.2) is 36.8 Å². The molecule has 0 bridgehead atoms. The van der Waals surface area contributed by atoms with Gasteiger partial charge >= 0.3 is 0 Å². The van der Waals surface area contributed by atoms with Gasteiger partial charge in [-0.05, 0) is 92.7 Å². The zero-order chi connectivity index (χ0) is 27.8. The Labute approximate surface area is 240 Å². The van der Waals surface area contributed by atoms with Crippen LogP contribution in [0.25, 0.3) is 6.08 Å². The lowest BCUT2D eigenvalue weighted by molar-refractivity contribution is -0.118. The number of thioether (sulfide) groups is 1. The third-order valence-electron chi connectivity index (χ3n) is 5.37. The lowest BCUT2D eigenvalue weighted by atomic mass is 10.2. The minimum Gasteiger partial charge on any atom is -0.494 e. The molecule has 0 radical (unpaired) electrons. The molecule has 3 aromatic rings. The second kappa shape index (κ2) is 13.3. The Kier molecular flexibility index (Phi) is 9.67. The SMILES string of the molecule is CCOc1ccc(N=C2NC(=O)/C(=C\c3cc(OCC)c(OCC(=O)Nc4ccc(C)cc4)cc3Br)S2)cc1. The Morgan fingerprint density at radius 2 is 1.69 bits per heavy atom. The number of hydrogen-bond acceptors (Lipinski definition) is 7. The van der Waals surface area contributed by atoms with E-state index in [2.05, 4.69) is 31.6 Å². The summed E-state index contributed by atoms with van der Waals surface area (Å²) >= 11 is 4.80. The van der Waals surface area contributed by atoms with E-state index in [-0.39, 0.29) is 18.4 Å². The Hall–Kier alpha value is -3.76. The van der Waals surface area contributed by atoms with E-state index in [1.807, 2.05) is 69.3 Å². The van der Waals surface area contributed by atoms with Gasteiger partial charge in [-0.3, -0.25) is 9.59 Å². The fourth-order valence-corrected chi connectivity index (χ4v) is 4.81. The lowest BCUT2D eigenvalue weighted by Crippen LogP contribution is -2.20. The second-order valence-corrected chi connectivity index (χ2v) is 10.2. The van der Waals surface area contributed by atoms with Crippen molar-refractivity contribution in [1.29, 1.82) is 0 Å². The molecule has 2 N–H and O–H groups in total. The fraction of sp³-hybridized carbons (Fsp3) is 0.207. The molecule has 1 aliphatic heterocycles. The highest BCUT2D eigenvalue weighted by Crippen LogP contribution is 2.37. The molecule has 2 amide bonds. The molecule has 1 heterocycles.